The lowest BCUT2D eigenvalue weighted by molar-refractivity contribution is -0.141. The number of ether oxygens (including phenoxy) is 1. The van der Waals surface area contributed by atoms with Crippen LogP contribution in [-0.2, 0) is 9.53 Å². The predicted molar refractivity (Wildman–Crippen MR) is 81.8 cm³/mol. The van der Waals surface area contributed by atoms with Gasteiger partial charge < -0.3 is 25.0 Å². The summed E-state index contributed by atoms with van der Waals surface area (Å²) in [5.41, 5.74) is -1.07. The van der Waals surface area contributed by atoms with E-state index in [9.17, 15) is 9.59 Å². The van der Waals surface area contributed by atoms with Crippen LogP contribution in [0.1, 0.15) is 33.6 Å². The lowest BCUT2D eigenvalue weighted by Crippen LogP contribution is -2.73. The molecule has 0 spiro atoms. The zero-order chi connectivity index (χ0) is 16.5. The SMILES string of the molecule is CN1CCC(NC2(CC(=O)O)CN(C(=O)OC(C)(C)C)C2)C1. The zero-order valence-electron chi connectivity index (χ0n) is 13.9. The first-order chi connectivity index (χ1) is 10.1. The van der Waals surface area contributed by atoms with E-state index < -0.39 is 17.1 Å². The fraction of sp³-hybridized carbons (Fsp3) is 0.867. The molecule has 2 saturated heterocycles. The summed E-state index contributed by atoms with van der Waals surface area (Å²) in [6, 6.07) is 0.283. The van der Waals surface area contributed by atoms with Crippen molar-refractivity contribution < 1.29 is 19.4 Å². The van der Waals surface area contributed by atoms with Crippen LogP contribution in [0.5, 0.6) is 0 Å². The monoisotopic (exact) mass is 313 g/mol. The van der Waals surface area contributed by atoms with E-state index in [1.165, 1.54) is 0 Å². The van der Waals surface area contributed by atoms with Gasteiger partial charge in [-0.25, -0.2) is 4.79 Å². The third kappa shape index (κ3) is 4.33. The Kier molecular flexibility index (Phi) is 4.67. The second-order valence-corrected chi connectivity index (χ2v) is 7.58. The van der Waals surface area contributed by atoms with Crippen molar-refractivity contribution in [3.63, 3.8) is 0 Å². The van der Waals surface area contributed by atoms with Gasteiger partial charge in [-0.05, 0) is 40.8 Å². The fourth-order valence-corrected chi connectivity index (χ4v) is 3.17. The van der Waals surface area contributed by atoms with Gasteiger partial charge in [0.15, 0.2) is 0 Å². The van der Waals surface area contributed by atoms with Gasteiger partial charge >= 0.3 is 12.1 Å². The fourth-order valence-electron chi connectivity index (χ4n) is 3.17. The molecular formula is C15H27N3O4. The van der Waals surface area contributed by atoms with Crippen molar-refractivity contribution in [2.45, 2.75) is 50.8 Å². The van der Waals surface area contributed by atoms with Crippen LogP contribution in [0.15, 0.2) is 0 Å². The highest BCUT2D eigenvalue weighted by molar-refractivity contribution is 5.73. The van der Waals surface area contributed by atoms with Crippen LogP contribution in [0.25, 0.3) is 0 Å². The van der Waals surface area contributed by atoms with Crippen molar-refractivity contribution in [2.24, 2.45) is 0 Å². The normalized spacial score (nSPS) is 24.9. The highest BCUT2D eigenvalue weighted by Crippen LogP contribution is 2.28. The molecule has 0 saturated carbocycles. The molecular weight excluding hydrogens is 286 g/mol. The van der Waals surface area contributed by atoms with Crippen LogP contribution in [0.3, 0.4) is 0 Å². The molecule has 2 heterocycles. The van der Waals surface area contributed by atoms with Crippen molar-refractivity contribution in [3.8, 4) is 0 Å². The maximum Gasteiger partial charge on any atom is 0.410 e. The van der Waals surface area contributed by atoms with Crippen molar-refractivity contribution in [1.29, 1.82) is 0 Å². The molecule has 2 aliphatic rings. The third-order valence-corrected chi connectivity index (χ3v) is 4.03. The molecule has 1 unspecified atom stereocenters. The molecule has 126 valence electrons. The van der Waals surface area contributed by atoms with Crippen molar-refractivity contribution in [2.75, 3.05) is 33.2 Å². The van der Waals surface area contributed by atoms with Crippen LogP contribution >= 0.6 is 0 Å². The van der Waals surface area contributed by atoms with E-state index in [0.29, 0.717) is 13.1 Å². The standard InChI is InChI=1S/C15H27N3O4/c1-14(2,3)22-13(21)18-9-15(10-18,7-12(19)20)16-11-5-6-17(4)8-11/h11,16H,5-10H2,1-4H3,(H,19,20). The molecule has 0 aromatic heterocycles. The van der Waals surface area contributed by atoms with E-state index in [0.717, 1.165) is 19.5 Å². The Morgan fingerprint density at radius 1 is 1.36 bits per heavy atom. The number of nitrogens with one attached hydrogen (secondary N) is 1. The molecule has 7 heteroatoms. The van der Waals surface area contributed by atoms with Gasteiger partial charge in [0.05, 0.1) is 12.0 Å². The van der Waals surface area contributed by atoms with Crippen molar-refractivity contribution >= 4 is 12.1 Å². The van der Waals surface area contributed by atoms with E-state index in [4.69, 9.17) is 9.84 Å². The largest absolute Gasteiger partial charge is 0.481 e. The van der Waals surface area contributed by atoms with E-state index >= 15 is 0 Å². The maximum absolute atomic E-state index is 12.0. The molecule has 2 N–H and O–H groups in total. The van der Waals surface area contributed by atoms with Gasteiger partial charge in [0.25, 0.3) is 0 Å². The van der Waals surface area contributed by atoms with Crippen molar-refractivity contribution in [3.05, 3.63) is 0 Å². The molecule has 0 aromatic rings. The van der Waals surface area contributed by atoms with Gasteiger partial charge in [0.1, 0.15) is 5.60 Å². The number of carbonyl (C=O) groups is 2. The lowest BCUT2D eigenvalue weighted by Gasteiger charge is -2.51. The molecule has 0 aliphatic carbocycles. The molecule has 0 bridgehead atoms. The number of likely N-dealkylation sites (tertiary alicyclic amines) is 2. The van der Waals surface area contributed by atoms with E-state index in [1.807, 2.05) is 20.8 Å². The quantitative estimate of drug-likeness (QED) is 0.797. The Labute approximate surface area is 131 Å². The summed E-state index contributed by atoms with van der Waals surface area (Å²) in [7, 11) is 2.05. The summed E-state index contributed by atoms with van der Waals surface area (Å²) in [5, 5.41) is 12.6. The predicted octanol–water partition coefficient (Wildman–Crippen LogP) is 0.744. The summed E-state index contributed by atoms with van der Waals surface area (Å²) in [4.78, 5) is 27.0. The molecule has 1 amide bonds. The Bertz CT molecular complexity index is 441. The maximum atomic E-state index is 12.0. The van der Waals surface area contributed by atoms with E-state index in [2.05, 4.69) is 17.3 Å². The van der Waals surface area contributed by atoms with Crippen LogP contribution in [0.4, 0.5) is 4.79 Å². The zero-order valence-corrected chi connectivity index (χ0v) is 13.9. The Morgan fingerprint density at radius 3 is 2.45 bits per heavy atom. The summed E-state index contributed by atoms with van der Waals surface area (Å²) >= 11 is 0. The van der Waals surface area contributed by atoms with E-state index in [1.54, 1.807) is 4.90 Å². The minimum Gasteiger partial charge on any atom is -0.481 e. The van der Waals surface area contributed by atoms with Crippen LogP contribution in [-0.4, -0.2) is 77.4 Å². The number of rotatable bonds is 4. The highest BCUT2D eigenvalue weighted by Gasteiger charge is 2.49. The van der Waals surface area contributed by atoms with E-state index in [-0.39, 0.29) is 18.6 Å². The topological polar surface area (TPSA) is 82.1 Å². The average Bonchev–Trinajstić information content (AvgIpc) is 2.67. The molecule has 2 fully saturated rings. The number of carboxylic acid groups (broad SMARTS) is 1. The highest BCUT2D eigenvalue weighted by atomic mass is 16.6. The van der Waals surface area contributed by atoms with Gasteiger partial charge in [0, 0.05) is 25.7 Å². The number of aliphatic carboxylic acids is 1. The Morgan fingerprint density at radius 2 is 2.00 bits per heavy atom. The molecule has 2 rings (SSSR count). The number of hydrogen-bond donors (Lipinski definition) is 2. The second kappa shape index (κ2) is 6.04. The Balaban J connectivity index is 1.93. The number of carboxylic acids is 1. The summed E-state index contributed by atoms with van der Waals surface area (Å²) in [6.45, 7) is 8.15. The Hall–Kier alpha value is -1.34. The number of carbonyl (C=O) groups excluding carboxylic acids is 1. The minimum atomic E-state index is -0.845. The van der Waals surface area contributed by atoms with Gasteiger partial charge in [-0.3, -0.25) is 4.79 Å². The van der Waals surface area contributed by atoms with Gasteiger partial charge in [-0.1, -0.05) is 0 Å². The average molecular weight is 313 g/mol. The second-order valence-electron chi connectivity index (χ2n) is 7.58. The third-order valence-electron chi connectivity index (χ3n) is 4.03. The first-order valence-electron chi connectivity index (χ1n) is 7.75. The van der Waals surface area contributed by atoms with Gasteiger partial charge in [0.2, 0.25) is 0 Å². The number of likely N-dealkylation sites (N-methyl/N-ethyl adjacent to an activating group) is 1. The van der Waals surface area contributed by atoms with Crippen LogP contribution in [0.2, 0.25) is 0 Å². The van der Waals surface area contributed by atoms with Crippen LogP contribution < -0.4 is 5.32 Å². The molecule has 0 aromatic carbocycles. The lowest BCUT2D eigenvalue weighted by atomic mass is 9.85. The minimum absolute atomic E-state index is 0.0203. The number of amides is 1. The van der Waals surface area contributed by atoms with Gasteiger partial charge in [-0.15, -0.1) is 0 Å². The van der Waals surface area contributed by atoms with Crippen molar-refractivity contribution in [1.82, 2.24) is 15.1 Å². The first kappa shape index (κ1) is 17.0. The molecule has 1 atom stereocenters. The summed E-state index contributed by atoms with van der Waals surface area (Å²) in [5.74, 6) is -0.845. The molecule has 2 aliphatic heterocycles. The molecule has 0 radical (unpaired) electrons. The first-order valence-corrected chi connectivity index (χ1v) is 7.75. The summed E-state index contributed by atoms with van der Waals surface area (Å²) < 4.78 is 5.33. The number of nitrogens with zero attached hydrogens (tertiary/aromatic N) is 2. The summed E-state index contributed by atoms with van der Waals surface area (Å²) in [6.07, 6.45) is 0.649. The van der Waals surface area contributed by atoms with Crippen LogP contribution in [0, 0.1) is 0 Å². The number of hydrogen-bond acceptors (Lipinski definition) is 5. The molecule has 22 heavy (non-hydrogen) atoms. The smallest absolute Gasteiger partial charge is 0.410 e. The molecule has 7 nitrogen and oxygen atoms in total. The van der Waals surface area contributed by atoms with Gasteiger partial charge in [-0.2, -0.15) is 0 Å².